The van der Waals surface area contributed by atoms with Crippen molar-refractivity contribution in [2.24, 2.45) is 5.92 Å². The van der Waals surface area contributed by atoms with Crippen molar-refractivity contribution < 1.29 is 9.21 Å². The summed E-state index contributed by atoms with van der Waals surface area (Å²) >= 11 is 5.14. The highest BCUT2D eigenvalue weighted by Gasteiger charge is 2.10. The van der Waals surface area contributed by atoms with Crippen molar-refractivity contribution in [3.63, 3.8) is 0 Å². The van der Waals surface area contributed by atoms with Gasteiger partial charge < -0.3 is 15.1 Å². The minimum atomic E-state index is -0.120. The number of nitrogens with one attached hydrogen (secondary N) is 2. The van der Waals surface area contributed by atoms with Crippen molar-refractivity contribution in [2.45, 2.75) is 20.8 Å². The first-order chi connectivity index (χ1) is 11.9. The van der Waals surface area contributed by atoms with Crippen LogP contribution >= 0.6 is 12.2 Å². The van der Waals surface area contributed by atoms with Crippen molar-refractivity contribution in [1.82, 2.24) is 10.3 Å². The van der Waals surface area contributed by atoms with Crippen LogP contribution in [0.15, 0.2) is 46.9 Å². The van der Waals surface area contributed by atoms with E-state index in [-0.39, 0.29) is 16.9 Å². The summed E-state index contributed by atoms with van der Waals surface area (Å²) in [4.78, 5) is 16.1. The lowest BCUT2D eigenvalue weighted by Crippen LogP contribution is -2.36. The highest BCUT2D eigenvalue weighted by atomic mass is 32.1. The lowest BCUT2D eigenvalue weighted by atomic mass is 10.2. The maximum atomic E-state index is 11.6. The molecule has 5 nitrogen and oxygen atoms in total. The van der Waals surface area contributed by atoms with Crippen LogP contribution in [0.3, 0.4) is 0 Å². The first-order valence-electron chi connectivity index (χ1n) is 8.02. The zero-order valence-electron chi connectivity index (χ0n) is 14.3. The number of nitrogens with zero attached hydrogens (tertiary/aromatic N) is 1. The molecule has 0 atom stereocenters. The van der Waals surface area contributed by atoms with Gasteiger partial charge in [-0.1, -0.05) is 19.9 Å². The van der Waals surface area contributed by atoms with Crippen LogP contribution in [0.25, 0.3) is 22.6 Å². The monoisotopic (exact) mass is 353 g/mol. The molecule has 3 aromatic rings. The van der Waals surface area contributed by atoms with E-state index in [9.17, 15) is 4.79 Å². The van der Waals surface area contributed by atoms with E-state index in [4.69, 9.17) is 16.6 Å². The van der Waals surface area contributed by atoms with E-state index in [1.54, 1.807) is 0 Å². The lowest BCUT2D eigenvalue weighted by Gasteiger charge is -2.11. The quantitative estimate of drug-likeness (QED) is 0.688. The van der Waals surface area contributed by atoms with Gasteiger partial charge in [-0.3, -0.25) is 4.79 Å². The molecular formula is C19H19N3O2S. The molecule has 25 heavy (non-hydrogen) atoms. The van der Waals surface area contributed by atoms with E-state index in [1.807, 2.05) is 63.2 Å². The number of aryl methyl sites for hydroxylation is 1. The normalized spacial score (nSPS) is 10.9. The summed E-state index contributed by atoms with van der Waals surface area (Å²) in [5, 5.41) is 5.92. The molecule has 6 heteroatoms. The third kappa shape index (κ3) is 4.03. The molecule has 0 saturated carbocycles. The Kier molecular flexibility index (Phi) is 4.81. The fraction of sp³-hybridized carbons (Fsp3) is 0.211. The molecule has 1 amide bonds. The maximum Gasteiger partial charge on any atom is 0.228 e. The molecule has 2 aromatic carbocycles. The number of carbonyl (C=O) groups excluding carboxylic acids is 1. The zero-order valence-corrected chi connectivity index (χ0v) is 15.1. The molecule has 128 valence electrons. The highest BCUT2D eigenvalue weighted by Crippen LogP contribution is 2.25. The molecule has 0 unspecified atom stereocenters. The molecule has 0 radical (unpaired) electrons. The Hall–Kier alpha value is -2.73. The molecule has 0 spiro atoms. The van der Waals surface area contributed by atoms with Crippen molar-refractivity contribution in [1.29, 1.82) is 0 Å². The summed E-state index contributed by atoms with van der Waals surface area (Å²) in [6.07, 6.45) is 0. The van der Waals surface area contributed by atoms with Crippen LogP contribution in [0.4, 0.5) is 5.69 Å². The average Bonchev–Trinajstić information content (AvgIpc) is 2.98. The van der Waals surface area contributed by atoms with Gasteiger partial charge in [-0.15, -0.1) is 0 Å². The molecule has 1 aromatic heterocycles. The smallest absolute Gasteiger partial charge is 0.228 e. The van der Waals surface area contributed by atoms with E-state index in [2.05, 4.69) is 15.6 Å². The molecule has 0 saturated heterocycles. The fourth-order valence-electron chi connectivity index (χ4n) is 2.27. The third-order valence-electron chi connectivity index (χ3n) is 3.69. The Bertz CT molecular complexity index is 929. The van der Waals surface area contributed by atoms with Crippen LogP contribution in [0.5, 0.6) is 0 Å². The van der Waals surface area contributed by atoms with Gasteiger partial charge in [0.2, 0.25) is 11.8 Å². The second kappa shape index (κ2) is 7.03. The van der Waals surface area contributed by atoms with Gasteiger partial charge in [0.1, 0.15) is 5.52 Å². The Morgan fingerprint density at radius 1 is 1.16 bits per heavy atom. The van der Waals surface area contributed by atoms with Crippen molar-refractivity contribution in [2.75, 3.05) is 5.32 Å². The second-order valence-corrected chi connectivity index (χ2v) is 6.57. The SMILES string of the molecule is Cc1ccc2nc(-c3ccc(NC(=S)NC(=O)C(C)C)cc3)oc2c1. The fourth-order valence-corrected chi connectivity index (χ4v) is 2.49. The van der Waals surface area contributed by atoms with Gasteiger partial charge in [-0.25, -0.2) is 4.98 Å². The molecule has 0 fully saturated rings. The van der Waals surface area contributed by atoms with E-state index >= 15 is 0 Å². The van der Waals surface area contributed by atoms with Gasteiger partial charge in [0.25, 0.3) is 0 Å². The molecule has 0 aliphatic rings. The van der Waals surface area contributed by atoms with Crippen molar-refractivity contribution >= 4 is 40.0 Å². The first kappa shape index (κ1) is 17.1. The highest BCUT2D eigenvalue weighted by molar-refractivity contribution is 7.80. The molecule has 2 N–H and O–H groups in total. The van der Waals surface area contributed by atoms with Crippen LogP contribution in [-0.2, 0) is 4.79 Å². The van der Waals surface area contributed by atoms with E-state index in [0.29, 0.717) is 5.89 Å². The Labute approximate surface area is 151 Å². The van der Waals surface area contributed by atoms with Crippen LogP contribution in [-0.4, -0.2) is 16.0 Å². The molecule has 3 rings (SSSR count). The number of benzene rings is 2. The van der Waals surface area contributed by atoms with Gasteiger partial charge in [0.05, 0.1) is 0 Å². The number of carbonyl (C=O) groups is 1. The number of hydrogen-bond acceptors (Lipinski definition) is 4. The Morgan fingerprint density at radius 2 is 1.88 bits per heavy atom. The Balaban J connectivity index is 1.73. The molecule has 0 aliphatic carbocycles. The lowest BCUT2D eigenvalue weighted by molar-refractivity contribution is -0.122. The number of fused-ring (bicyclic) bond motifs is 1. The number of amides is 1. The molecule has 0 bridgehead atoms. The van der Waals surface area contributed by atoms with Crippen molar-refractivity contribution in [3.05, 3.63) is 48.0 Å². The number of rotatable bonds is 3. The number of oxazole rings is 1. The minimum absolute atomic E-state index is 0.115. The number of anilines is 1. The van der Waals surface area contributed by atoms with E-state index in [1.165, 1.54) is 0 Å². The number of thiocarbonyl (C=S) groups is 1. The molecular weight excluding hydrogens is 334 g/mol. The number of aromatic nitrogens is 1. The summed E-state index contributed by atoms with van der Waals surface area (Å²) in [6.45, 7) is 5.65. The average molecular weight is 353 g/mol. The van der Waals surface area contributed by atoms with Crippen LogP contribution in [0, 0.1) is 12.8 Å². The summed E-state index contributed by atoms with van der Waals surface area (Å²) in [5.41, 5.74) is 4.39. The van der Waals surface area contributed by atoms with Crippen LogP contribution in [0.2, 0.25) is 0 Å². The second-order valence-electron chi connectivity index (χ2n) is 6.17. The van der Waals surface area contributed by atoms with Gasteiger partial charge in [-0.05, 0) is 61.1 Å². The molecule has 0 aliphatic heterocycles. The predicted octanol–water partition coefficient (Wildman–Crippen LogP) is 4.27. The molecule has 1 heterocycles. The van der Waals surface area contributed by atoms with Gasteiger partial charge in [0, 0.05) is 17.2 Å². The largest absolute Gasteiger partial charge is 0.436 e. The van der Waals surface area contributed by atoms with E-state index < -0.39 is 0 Å². The number of hydrogen-bond donors (Lipinski definition) is 2. The van der Waals surface area contributed by atoms with Gasteiger partial charge in [0.15, 0.2) is 10.7 Å². The minimum Gasteiger partial charge on any atom is -0.436 e. The predicted molar refractivity (Wildman–Crippen MR) is 103 cm³/mol. The zero-order chi connectivity index (χ0) is 18.0. The van der Waals surface area contributed by atoms with Crippen LogP contribution in [0.1, 0.15) is 19.4 Å². The van der Waals surface area contributed by atoms with Gasteiger partial charge in [-0.2, -0.15) is 0 Å². The topological polar surface area (TPSA) is 67.2 Å². The maximum absolute atomic E-state index is 11.6. The Morgan fingerprint density at radius 3 is 2.56 bits per heavy atom. The first-order valence-corrected chi connectivity index (χ1v) is 8.42. The summed E-state index contributed by atoms with van der Waals surface area (Å²) in [5.74, 6) is 0.337. The standard InChI is InChI=1S/C19H19N3O2S/c1-11(2)17(23)22-19(25)20-14-7-5-13(6-8-14)18-21-15-9-4-12(3)10-16(15)24-18/h4-11H,1-3H3,(H2,20,22,23,25). The van der Waals surface area contributed by atoms with Crippen molar-refractivity contribution in [3.8, 4) is 11.5 Å². The third-order valence-corrected chi connectivity index (χ3v) is 3.90. The summed E-state index contributed by atoms with van der Waals surface area (Å²) in [6, 6.07) is 13.4. The van der Waals surface area contributed by atoms with Crippen LogP contribution < -0.4 is 10.6 Å². The van der Waals surface area contributed by atoms with E-state index in [0.717, 1.165) is 27.9 Å². The van der Waals surface area contributed by atoms with Gasteiger partial charge >= 0.3 is 0 Å². The summed E-state index contributed by atoms with van der Waals surface area (Å²) < 4.78 is 5.82. The summed E-state index contributed by atoms with van der Waals surface area (Å²) in [7, 11) is 0.